The Hall–Kier alpha value is -1.47. The van der Waals surface area contributed by atoms with Crippen LogP contribution in [0.5, 0.6) is 0 Å². The van der Waals surface area contributed by atoms with Gasteiger partial charge in [0.1, 0.15) is 27.2 Å². The molecule has 0 amide bonds. The van der Waals surface area contributed by atoms with E-state index in [0.29, 0.717) is 6.54 Å². The average Bonchev–Trinajstić information content (AvgIpc) is 2.65. The molecule has 0 aliphatic rings. The summed E-state index contributed by atoms with van der Waals surface area (Å²) in [6.45, 7) is 2.15. The summed E-state index contributed by atoms with van der Waals surface area (Å²) in [4.78, 5) is 15.5. The predicted molar refractivity (Wildman–Crippen MR) is 61.7 cm³/mol. The maximum atomic E-state index is 11.7. The zero-order chi connectivity index (χ0) is 11.7. The molecule has 0 saturated heterocycles. The van der Waals surface area contributed by atoms with E-state index in [0.717, 1.165) is 10.0 Å². The number of rotatable bonds is 2. The van der Waals surface area contributed by atoms with Crippen LogP contribution < -0.4 is 11.3 Å². The first-order chi connectivity index (χ1) is 7.58. The molecule has 0 aliphatic carbocycles. The number of nitrogens with zero attached hydrogens (tertiary/aromatic N) is 4. The minimum absolute atomic E-state index is 0.0383. The number of aryl methyl sites for hydroxylation is 1. The van der Waals surface area contributed by atoms with E-state index in [1.807, 2.05) is 6.92 Å². The lowest BCUT2D eigenvalue weighted by atomic mass is 10.5. The van der Waals surface area contributed by atoms with Gasteiger partial charge < -0.3 is 5.73 Å². The molecule has 2 heterocycles. The molecule has 2 rings (SSSR count). The molecule has 0 unspecified atom stereocenters. The highest BCUT2D eigenvalue weighted by molar-refractivity contribution is 7.11. The van der Waals surface area contributed by atoms with E-state index in [-0.39, 0.29) is 16.4 Å². The van der Waals surface area contributed by atoms with Crippen LogP contribution in [-0.4, -0.2) is 19.7 Å². The van der Waals surface area contributed by atoms with E-state index in [4.69, 9.17) is 17.3 Å². The second-order valence-electron chi connectivity index (χ2n) is 3.09. The Morgan fingerprint density at radius 3 is 2.94 bits per heavy atom. The first-order valence-corrected chi connectivity index (χ1v) is 5.57. The van der Waals surface area contributed by atoms with Crippen LogP contribution >= 0.6 is 22.9 Å². The molecule has 0 saturated carbocycles. The van der Waals surface area contributed by atoms with Crippen molar-refractivity contribution in [3.8, 4) is 0 Å². The summed E-state index contributed by atoms with van der Waals surface area (Å²) in [6, 6.07) is 0. The minimum atomic E-state index is -0.373. The summed E-state index contributed by atoms with van der Waals surface area (Å²) in [5.74, 6) is 0.0383. The molecular formula is C8H8ClN5OS. The van der Waals surface area contributed by atoms with Gasteiger partial charge in [-0.25, -0.2) is 4.98 Å². The van der Waals surface area contributed by atoms with Gasteiger partial charge in [0.15, 0.2) is 0 Å². The van der Waals surface area contributed by atoms with Gasteiger partial charge in [0.05, 0.1) is 6.54 Å². The van der Waals surface area contributed by atoms with Crippen molar-refractivity contribution in [3.63, 3.8) is 0 Å². The van der Waals surface area contributed by atoms with Crippen LogP contribution in [0, 0.1) is 6.92 Å². The first kappa shape index (κ1) is 11.0. The highest BCUT2D eigenvalue weighted by Gasteiger charge is 2.08. The van der Waals surface area contributed by atoms with Crippen molar-refractivity contribution < 1.29 is 0 Å². The van der Waals surface area contributed by atoms with E-state index >= 15 is 0 Å². The smallest absolute Gasteiger partial charge is 0.274 e. The zero-order valence-corrected chi connectivity index (χ0v) is 9.92. The van der Waals surface area contributed by atoms with Crippen LogP contribution in [0.15, 0.2) is 11.1 Å². The molecule has 8 heteroatoms. The molecule has 0 aromatic carbocycles. The fourth-order valence-corrected chi connectivity index (χ4v) is 2.00. The molecule has 0 bridgehead atoms. The van der Waals surface area contributed by atoms with Crippen LogP contribution in [-0.2, 0) is 6.54 Å². The van der Waals surface area contributed by atoms with Crippen molar-refractivity contribution in [3.05, 3.63) is 31.7 Å². The highest BCUT2D eigenvalue weighted by atomic mass is 35.5. The Morgan fingerprint density at radius 2 is 2.31 bits per heavy atom. The second kappa shape index (κ2) is 4.18. The lowest BCUT2D eigenvalue weighted by Gasteiger charge is -2.03. The molecule has 2 aromatic rings. The van der Waals surface area contributed by atoms with E-state index in [1.54, 1.807) is 0 Å². The quantitative estimate of drug-likeness (QED) is 0.855. The molecular weight excluding hydrogens is 250 g/mol. The number of aromatic nitrogens is 4. The predicted octanol–water partition coefficient (Wildman–Crippen LogP) is 0.687. The van der Waals surface area contributed by atoms with Crippen molar-refractivity contribution in [2.24, 2.45) is 0 Å². The van der Waals surface area contributed by atoms with Crippen LogP contribution in [0.25, 0.3) is 0 Å². The van der Waals surface area contributed by atoms with E-state index in [9.17, 15) is 4.79 Å². The molecule has 16 heavy (non-hydrogen) atoms. The van der Waals surface area contributed by atoms with Crippen LogP contribution in [0.4, 0.5) is 5.82 Å². The average molecular weight is 258 g/mol. The summed E-state index contributed by atoms with van der Waals surface area (Å²) in [7, 11) is 0. The Balaban J connectivity index is 2.36. The normalized spacial score (nSPS) is 10.6. The third-order valence-electron chi connectivity index (χ3n) is 1.88. The third-order valence-corrected chi connectivity index (χ3v) is 3.06. The fourth-order valence-electron chi connectivity index (χ4n) is 1.14. The topological polar surface area (TPSA) is 86.7 Å². The van der Waals surface area contributed by atoms with Gasteiger partial charge in [-0.3, -0.25) is 9.36 Å². The van der Waals surface area contributed by atoms with Gasteiger partial charge in [0.25, 0.3) is 5.56 Å². The maximum absolute atomic E-state index is 11.7. The Morgan fingerprint density at radius 1 is 1.56 bits per heavy atom. The molecule has 0 radical (unpaired) electrons. The molecule has 84 valence electrons. The number of halogens is 1. The first-order valence-electron chi connectivity index (χ1n) is 4.37. The number of nitrogens with two attached hydrogens (primary N) is 1. The Bertz CT molecular complexity index is 578. The van der Waals surface area contributed by atoms with Crippen LogP contribution in [0.2, 0.25) is 5.02 Å². The summed E-state index contributed by atoms with van der Waals surface area (Å²) in [5.41, 5.74) is 5.03. The van der Waals surface area contributed by atoms with Crippen molar-refractivity contribution >= 4 is 28.8 Å². The summed E-state index contributed by atoms with van der Waals surface area (Å²) >= 11 is 7.12. The maximum Gasteiger partial charge on any atom is 0.274 e. The molecule has 2 aromatic heterocycles. The van der Waals surface area contributed by atoms with E-state index < -0.39 is 0 Å². The highest BCUT2D eigenvalue weighted by Crippen LogP contribution is 2.11. The van der Waals surface area contributed by atoms with Gasteiger partial charge in [-0.15, -0.1) is 10.2 Å². The molecule has 0 atom stereocenters. The standard InChI is InChI=1S/C8H8ClN5OS/c1-4-12-13-5(16-4)2-14-3-11-7(10)6(9)8(14)15/h3H,2,10H2,1H3. The van der Waals surface area contributed by atoms with Crippen molar-refractivity contribution in [1.29, 1.82) is 0 Å². The Labute approximate surface area is 99.7 Å². The summed E-state index contributed by atoms with van der Waals surface area (Å²) in [6.07, 6.45) is 1.35. The molecule has 0 spiro atoms. The van der Waals surface area contributed by atoms with Gasteiger partial charge in [-0.1, -0.05) is 22.9 Å². The zero-order valence-electron chi connectivity index (χ0n) is 8.35. The van der Waals surface area contributed by atoms with Crippen molar-refractivity contribution in [2.45, 2.75) is 13.5 Å². The minimum Gasteiger partial charge on any atom is -0.382 e. The van der Waals surface area contributed by atoms with Gasteiger partial charge in [0, 0.05) is 0 Å². The van der Waals surface area contributed by atoms with Crippen molar-refractivity contribution in [1.82, 2.24) is 19.7 Å². The van der Waals surface area contributed by atoms with Gasteiger partial charge in [-0.05, 0) is 6.92 Å². The Kier molecular flexibility index (Phi) is 2.88. The van der Waals surface area contributed by atoms with Gasteiger partial charge >= 0.3 is 0 Å². The molecule has 0 fully saturated rings. The number of anilines is 1. The molecule has 2 N–H and O–H groups in total. The molecule has 0 aliphatic heterocycles. The van der Waals surface area contributed by atoms with E-state index in [2.05, 4.69) is 15.2 Å². The van der Waals surface area contributed by atoms with Gasteiger partial charge in [-0.2, -0.15) is 0 Å². The van der Waals surface area contributed by atoms with E-state index in [1.165, 1.54) is 22.2 Å². The largest absolute Gasteiger partial charge is 0.382 e. The summed E-state index contributed by atoms with van der Waals surface area (Å²) < 4.78 is 1.35. The monoisotopic (exact) mass is 257 g/mol. The lowest BCUT2D eigenvalue weighted by Crippen LogP contribution is -2.22. The number of hydrogen-bond donors (Lipinski definition) is 1. The second-order valence-corrected chi connectivity index (χ2v) is 4.74. The van der Waals surface area contributed by atoms with Crippen LogP contribution in [0.1, 0.15) is 10.0 Å². The van der Waals surface area contributed by atoms with Crippen LogP contribution in [0.3, 0.4) is 0 Å². The van der Waals surface area contributed by atoms with Gasteiger partial charge in [0.2, 0.25) is 0 Å². The summed E-state index contributed by atoms with van der Waals surface area (Å²) in [5, 5.41) is 9.27. The number of nitrogen functional groups attached to an aromatic ring is 1. The lowest BCUT2D eigenvalue weighted by molar-refractivity contribution is 0.725. The number of hydrogen-bond acceptors (Lipinski definition) is 6. The SMILES string of the molecule is Cc1nnc(Cn2cnc(N)c(Cl)c2=O)s1. The molecule has 6 nitrogen and oxygen atoms in total. The fraction of sp³-hybridized carbons (Fsp3) is 0.250. The third kappa shape index (κ3) is 2.05. The van der Waals surface area contributed by atoms with Crippen molar-refractivity contribution in [2.75, 3.05) is 5.73 Å².